The van der Waals surface area contributed by atoms with Crippen molar-refractivity contribution in [2.45, 2.75) is 6.42 Å². The van der Waals surface area contributed by atoms with Gasteiger partial charge in [0.25, 0.3) is 5.91 Å². The van der Waals surface area contributed by atoms with Crippen LogP contribution in [0.1, 0.15) is 11.1 Å². The number of carbonyl (C=O) groups is 1. The number of nitrogens with zero attached hydrogens (tertiary/aromatic N) is 2. The molecule has 0 aliphatic carbocycles. The Labute approximate surface area is 164 Å². The van der Waals surface area contributed by atoms with Crippen molar-refractivity contribution < 1.29 is 17.9 Å². The molecule has 28 heavy (non-hydrogen) atoms. The monoisotopic (exact) mass is 399 g/mol. The van der Waals surface area contributed by atoms with Crippen LogP contribution in [0.3, 0.4) is 0 Å². The molecule has 1 amide bonds. The molecule has 2 aromatic rings. The Balaban J connectivity index is 1.83. The predicted molar refractivity (Wildman–Crippen MR) is 107 cm³/mol. The molecule has 1 N–H and O–H groups in total. The summed E-state index contributed by atoms with van der Waals surface area (Å²) < 4.78 is 34.9. The third-order valence-corrected chi connectivity index (χ3v) is 5.65. The minimum Gasteiger partial charge on any atom is -0.496 e. The maximum Gasteiger partial charge on any atom is 0.345 e. The number of methoxy groups -OCH3 is 1. The summed E-state index contributed by atoms with van der Waals surface area (Å²) in [6, 6.07) is 16.6. The van der Waals surface area contributed by atoms with Crippen LogP contribution in [0.15, 0.2) is 70.8 Å². The van der Waals surface area contributed by atoms with E-state index in [1.54, 1.807) is 24.3 Å². The van der Waals surface area contributed by atoms with Gasteiger partial charge in [-0.2, -0.15) is 8.42 Å². The van der Waals surface area contributed by atoms with E-state index in [1.807, 2.05) is 30.3 Å². The second-order valence-corrected chi connectivity index (χ2v) is 7.77. The van der Waals surface area contributed by atoms with Gasteiger partial charge in [0, 0.05) is 19.2 Å². The van der Waals surface area contributed by atoms with E-state index >= 15 is 0 Å². The number of nitrogens with one attached hydrogen (secondary N) is 1. The zero-order valence-corrected chi connectivity index (χ0v) is 16.4. The highest BCUT2D eigenvalue weighted by Gasteiger charge is 2.30. The Bertz CT molecular complexity index is 1030. The molecule has 2 aromatic carbocycles. The highest BCUT2D eigenvalue weighted by Crippen LogP contribution is 2.25. The van der Waals surface area contributed by atoms with Crippen LogP contribution in [-0.2, 0) is 21.4 Å². The number of hydrogen-bond donors (Lipinski definition) is 1. The van der Waals surface area contributed by atoms with Gasteiger partial charge in [-0.3, -0.25) is 4.79 Å². The molecule has 0 saturated carbocycles. The third-order valence-electron chi connectivity index (χ3n) is 4.33. The van der Waals surface area contributed by atoms with E-state index in [1.165, 1.54) is 20.2 Å². The molecule has 1 aliphatic heterocycles. The summed E-state index contributed by atoms with van der Waals surface area (Å²) >= 11 is 0. The molecule has 7 nitrogen and oxygen atoms in total. The van der Waals surface area contributed by atoms with Crippen molar-refractivity contribution in [3.05, 3.63) is 77.5 Å². The minimum atomic E-state index is -4.02. The van der Waals surface area contributed by atoms with E-state index in [0.29, 0.717) is 24.3 Å². The molecule has 0 saturated heterocycles. The van der Waals surface area contributed by atoms with Crippen LogP contribution in [-0.4, -0.2) is 45.0 Å². The highest BCUT2D eigenvalue weighted by atomic mass is 32.2. The molecule has 0 bridgehead atoms. The first-order chi connectivity index (χ1) is 13.4. The summed E-state index contributed by atoms with van der Waals surface area (Å²) in [5.41, 5.74) is 1.74. The number of hydrogen-bond acceptors (Lipinski definition) is 4. The average molecular weight is 399 g/mol. The van der Waals surface area contributed by atoms with Crippen LogP contribution in [0.4, 0.5) is 0 Å². The van der Waals surface area contributed by atoms with Gasteiger partial charge in [-0.1, -0.05) is 42.5 Å². The van der Waals surface area contributed by atoms with Gasteiger partial charge in [0.05, 0.1) is 12.8 Å². The van der Waals surface area contributed by atoms with Crippen molar-refractivity contribution in [2.75, 3.05) is 20.7 Å². The minimum absolute atomic E-state index is 0.00367. The van der Waals surface area contributed by atoms with Crippen LogP contribution in [0, 0.1) is 0 Å². The van der Waals surface area contributed by atoms with E-state index in [2.05, 4.69) is 9.71 Å². The van der Waals surface area contributed by atoms with Crippen molar-refractivity contribution in [1.82, 2.24) is 9.62 Å². The molecule has 0 spiro atoms. The molecule has 0 fully saturated rings. The average Bonchev–Trinajstić information content (AvgIpc) is 2.70. The maximum atomic E-state index is 12.6. The zero-order valence-electron chi connectivity index (χ0n) is 15.6. The summed E-state index contributed by atoms with van der Waals surface area (Å²) in [7, 11) is -1.22. The number of likely N-dealkylation sites (N-methyl/N-ethyl adjacent to an activating group) is 1. The van der Waals surface area contributed by atoms with Gasteiger partial charge in [-0.25, -0.2) is 4.31 Å². The molecule has 146 valence electrons. The molecule has 1 heterocycles. The summed E-state index contributed by atoms with van der Waals surface area (Å²) in [6.45, 7) is 0.384. The fourth-order valence-electron chi connectivity index (χ4n) is 2.80. The SMILES string of the molecule is COc1ccccc1C1=NS(=O)(=O)N(C)C(C(=O)NCCc2ccccc2)=C1. The molecule has 0 aromatic heterocycles. The third kappa shape index (κ3) is 4.23. The summed E-state index contributed by atoms with van der Waals surface area (Å²) in [5, 5.41) is 2.77. The molecule has 1 aliphatic rings. The van der Waals surface area contributed by atoms with Crippen LogP contribution in [0.5, 0.6) is 5.75 Å². The molecule has 0 unspecified atom stereocenters. The number of para-hydroxylation sites is 1. The molecule has 0 atom stereocenters. The standard InChI is InChI=1S/C20H21N3O4S/c1-23-18(20(24)21-13-12-15-8-4-3-5-9-15)14-17(22-28(23,25)26)16-10-6-7-11-19(16)27-2/h3-11,14H,12-13H2,1-2H3,(H,21,24). The largest absolute Gasteiger partial charge is 0.496 e. The van der Waals surface area contributed by atoms with Crippen molar-refractivity contribution in [1.29, 1.82) is 0 Å². The summed E-state index contributed by atoms with van der Waals surface area (Å²) in [5.74, 6) is -0.00890. The van der Waals surface area contributed by atoms with Crippen molar-refractivity contribution in [2.24, 2.45) is 4.40 Å². The van der Waals surface area contributed by atoms with Crippen LogP contribution >= 0.6 is 0 Å². The van der Waals surface area contributed by atoms with Gasteiger partial charge in [0.2, 0.25) is 0 Å². The number of carbonyl (C=O) groups excluding carboxylic acids is 1. The molecular weight excluding hydrogens is 378 g/mol. The number of benzene rings is 2. The first-order valence-corrected chi connectivity index (χ1v) is 10.1. The predicted octanol–water partition coefficient (Wildman–Crippen LogP) is 1.92. The summed E-state index contributed by atoms with van der Waals surface area (Å²) in [4.78, 5) is 12.6. The number of amides is 1. The van der Waals surface area contributed by atoms with Crippen molar-refractivity contribution >= 4 is 21.8 Å². The Morgan fingerprint density at radius 2 is 1.79 bits per heavy atom. The number of rotatable bonds is 6. The van der Waals surface area contributed by atoms with Crippen molar-refractivity contribution in [3.8, 4) is 5.75 Å². The molecule has 0 radical (unpaired) electrons. The van der Waals surface area contributed by atoms with Gasteiger partial charge in [0.1, 0.15) is 11.4 Å². The smallest absolute Gasteiger partial charge is 0.345 e. The lowest BCUT2D eigenvalue weighted by Crippen LogP contribution is -2.39. The van der Waals surface area contributed by atoms with E-state index in [9.17, 15) is 13.2 Å². The lowest BCUT2D eigenvalue weighted by molar-refractivity contribution is -0.118. The Hall–Kier alpha value is -3.13. The fourth-order valence-corrected chi connectivity index (χ4v) is 3.71. The van der Waals surface area contributed by atoms with Crippen LogP contribution in [0.2, 0.25) is 0 Å². The maximum absolute atomic E-state index is 12.6. The molecule has 3 rings (SSSR count). The van der Waals surface area contributed by atoms with E-state index in [4.69, 9.17) is 4.74 Å². The Kier molecular flexibility index (Phi) is 5.79. The van der Waals surface area contributed by atoms with E-state index < -0.39 is 16.1 Å². The van der Waals surface area contributed by atoms with E-state index in [-0.39, 0.29) is 11.4 Å². The lowest BCUT2D eigenvalue weighted by atomic mass is 10.1. The quantitative estimate of drug-likeness (QED) is 0.804. The number of ether oxygens (including phenoxy) is 1. The van der Waals surface area contributed by atoms with Gasteiger partial charge in [-0.15, -0.1) is 4.40 Å². The van der Waals surface area contributed by atoms with Gasteiger partial charge in [-0.05, 0) is 30.2 Å². The van der Waals surface area contributed by atoms with E-state index in [0.717, 1.165) is 9.87 Å². The first-order valence-electron chi connectivity index (χ1n) is 8.68. The summed E-state index contributed by atoms with van der Waals surface area (Å²) in [6.07, 6.45) is 2.10. The molecular formula is C20H21N3O4S. The van der Waals surface area contributed by atoms with Crippen molar-refractivity contribution in [3.63, 3.8) is 0 Å². The fraction of sp³-hybridized carbons (Fsp3) is 0.200. The van der Waals surface area contributed by atoms with Gasteiger partial charge >= 0.3 is 10.2 Å². The van der Waals surface area contributed by atoms with Gasteiger partial charge < -0.3 is 10.1 Å². The Morgan fingerprint density at radius 3 is 2.50 bits per heavy atom. The van der Waals surface area contributed by atoms with Crippen LogP contribution < -0.4 is 10.1 Å². The lowest BCUT2D eigenvalue weighted by Gasteiger charge is -2.24. The number of allylic oxidation sites excluding steroid dienone is 1. The normalized spacial score (nSPS) is 15.4. The first kappa shape index (κ1) is 19.6. The molecule has 8 heteroatoms. The second-order valence-electron chi connectivity index (χ2n) is 6.14. The van der Waals surface area contributed by atoms with Gasteiger partial charge in [0.15, 0.2) is 0 Å². The Morgan fingerprint density at radius 1 is 1.11 bits per heavy atom. The zero-order chi connectivity index (χ0) is 20.1. The second kappa shape index (κ2) is 8.26. The van der Waals surface area contributed by atoms with Crippen LogP contribution in [0.25, 0.3) is 0 Å². The highest BCUT2D eigenvalue weighted by molar-refractivity contribution is 7.88. The topological polar surface area (TPSA) is 88.1 Å².